The average molecular weight is 188 g/mol. The van der Waals surface area contributed by atoms with Crippen molar-refractivity contribution in [1.82, 2.24) is 0 Å². The summed E-state index contributed by atoms with van der Waals surface area (Å²) in [6.45, 7) is 0. The number of hydrogen-bond acceptors (Lipinski definition) is 2. The smallest absolute Gasteiger partial charge is 0.258 e. The van der Waals surface area contributed by atoms with Crippen molar-refractivity contribution in [1.29, 1.82) is 0 Å². The molecule has 0 spiro atoms. The van der Waals surface area contributed by atoms with Gasteiger partial charge in [-0.3, -0.25) is 14.7 Å². The van der Waals surface area contributed by atoms with Gasteiger partial charge in [0.15, 0.2) is 5.75 Å². The van der Waals surface area contributed by atoms with E-state index in [0.29, 0.717) is 5.69 Å². The molecule has 2 amide bonds. The van der Waals surface area contributed by atoms with Gasteiger partial charge in [-0.25, -0.2) is 4.90 Å². The molecule has 14 heavy (non-hydrogen) atoms. The molecule has 0 saturated carbocycles. The zero-order valence-corrected chi connectivity index (χ0v) is 7.14. The first kappa shape index (κ1) is 8.50. The molecular weight excluding hydrogens is 182 g/mol. The molecule has 1 heterocycles. The first-order valence-corrected chi connectivity index (χ1v) is 4.02. The van der Waals surface area contributed by atoms with Crippen molar-refractivity contribution in [2.45, 2.75) is 0 Å². The SMILES string of the molecule is [O]c1ccc(N2C(=O)C=CC2=O)cc1. The minimum atomic E-state index is -0.381. The third-order valence-electron chi connectivity index (χ3n) is 1.90. The van der Waals surface area contributed by atoms with Crippen molar-refractivity contribution in [2.24, 2.45) is 0 Å². The maximum Gasteiger partial charge on any atom is 0.258 e. The fourth-order valence-corrected chi connectivity index (χ4v) is 1.25. The summed E-state index contributed by atoms with van der Waals surface area (Å²) in [6.07, 6.45) is 2.40. The summed E-state index contributed by atoms with van der Waals surface area (Å²) >= 11 is 0. The highest BCUT2D eigenvalue weighted by molar-refractivity contribution is 6.28. The van der Waals surface area contributed by atoms with Gasteiger partial charge in [0.2, 0.25) is 0 Å². The Labute approximate surface area is 80.1 Å². The molecule has 0 saturated heterocycles. The third-order valence-corrected chi connectivity index (χ3v) is 1.90. The molecule has 2 rings (SSSR count). The first-order valence-electron chi connectivity index (χ1n) is 4.02. The molecular formula is C10H6NO3. The standard InChI is InChI=1S/C10H6NO3/c12-8-3-1-7(2-4-8)11-9(13)5-6-10(11)14/h1-6H. The zero-order valence-electron chi connectivity index (χ0n) is 7.14. The summed E-state index contributed by atoms with van der Waals surface area (Å²) in [5.41, 5.74) is 0.421. The van der Waals surface area contributed by atoms with E-state index < -0.39 is 0 Å². The Bertz CT molecular complexity index is 401. The number of nitrogens with zero attached hydrogens (tertiary/aromatic N) is 1. The van der Waals surface area contributed by atoms with E-state index in [-0.39, 0.29) is 17.6 Å². The Kier molecular flexibility index (Phi) is 1.81. The molecule has 4 heteroatoms. The van der Waals surface area contributed by atoms with E-state index >= 15 is 0 Å². The van der Waals surface area contributed by atoms with Crippen molar-refractivity contribution in [3.8, 4) is 5.75 Å². The summed E-state index contributed by atoms with van der Waals surface area (Å²) < 4.78 is 0. The normalized spacial score (nSPS) is 15.3. The fraction of sp³-hybridized carbons (Fsp3) is 0. The quantitative estimate of drug-likeness (QED) is 0.623. The molecule has 0 aromatic heterocycles. The molecule has 0 fully saturated rings. The summed E-state index contributed by atoms with van der Waals surface area (Å²) in [5.74, 6) is -0.914. The van der Waals surface area contributed by atoms with E-state index in [1.807, 2.05) is 0 Å². The van der Waals surface area contributed by atoms with E-state index in [9.17, 15) is 14.7 Å². The van der Waals surface area contributed by atoms with Gasteiger partial charge in [-0.1, -0.05) is 0 Å². The van der Waals surface area contributed by atoms with E-state index in [1.165, 1.54) is 36.4 Å². The van der Waals surface area contributed by atoms with E-state index in [2.05, 4.69) is 0 Å². The number of carbonyl (C=O) groups excluding carboxylic acids is 2. The van der Waals surface area contributed by atoms with Crippen LogP contribution in [0.25, 0.3) is 0 Å². The van der Waals surface area contributed by atoms with E-state index in [4.69, 9.17) is 0 Å². The Morgan fingerprint density at radius 1 is 0.857 bits per heavy atom. The topological polar surface area (TPSA) is 57.3 Å². The summed E-state index contributed by atoms with van der Waals surface area (Å²) in [4.78, 5) is 23.4. The van der Waals surface area contributed by atoms with Crippen LogP contribution in [0, 0.1) is 0 Å². The summed E-state index contributed by atoms with van der Waals surface area (Å²) in [7, 11) is 0. The molecule has 1 aliphatic heterocycles. The van der Waals surface area contributed by atoms with E-state index in [1.54, 1.807) is 0 Å². The summed E-state index contributed by atoms with van der Waals surface area (Å²) in [6, 6.07) is 5.53. The van der Waals surface area contributed by atoms with Crippen LogP contribution in [0.5, 0.6) is 5.75 Å². The number of imide groups is 1. The molecule has 0 aliphatic carbocycles. The van der Waals surface area contributed by atoms with Crippen LogP contribution >= 0.6 is 0 Å². The van der Waals surface area contributed by atoms with Gasteiger partial charge in [-0.15, -0.1) is 0 Å². The van der Waals surface area contributed by atoms with Crippen molar-refractivity contribution in [3.05, 3.63) is 36.4 Å². The lowest BCUT2D eigenvalue weighted by Gasteiger charge is -2.12. The van der Waals surface area contributed by atoms with Crippen LogP contribution in [0.2, 0.25) is 0 Å². The summed E-state index contributed by atoms with van der Waals surface area (Å²) in [5, 5.41) is 10.8. The van der Waals surface area contributed by atoms with Crippen molar-refractivity contribution in [2.75, 3.05) is 4.90 Å². The molecule has 4 nitrogen and oxygen atoms in total. The maximum absolute atomic E-state index is 11.2. The third kappa shape index (κ3) is 1.26. The lowest BCUT2D eigenvalue weighted by atomic mass is 10.3. The predicted octanol–water partition coefficient (Wildman–Crippen LogP) is 1.26. The Balaban J connectivity index is 2.36. The number of hydrogen-bond donors (Lipinski definition) is 0. The van der Waals surface area contributed by atoms with E-state index in [0.717, 1.165) is 4.90 Å². The van der Waals surface area contributed by atoms with Gasteiger partial charge >= 0.3 is 0 Å². The minimum Gasteiger partial charge on any atom is -0.290 e. The molecule has 0 N–H and O–H groups in total. The molecule has 0 unspecified atom stereocenters. The second-order valence-corrected chi connectivity index (χ2v) is 2.84. The van der Waals surface area contributed by atoms with Crippen LogP contribution in [0.15, 0.2) is 36.4 Å². The largest absolute Gasteiger partial charge is 0.290 e. The van der Waals surface area contributed by atoms with Gasteiger partial charge in [-0.05, 0) is 24.3 Å². The van der Waals surface area contributed by atoms with Crippen LogP contribution in [-0.2, 0) is 14.7 Å². The van der Waals surface area contributed by atoms with Crippen molar-refractivity contribution < 1.29 is 14.7 Å². The van der Waals surface area contributed by atoms with Crippen LogP contribution < -0.4 is 4.90 Å². The number of amides is 2. The molecule has 69 valence electrons. The second-order valence-electron chi connectivity index (χ2n) is 2.84. The van der Waals surface area contributed by atoms with Gasteiger partial charge in [0.25, 0.3) is 11.8 Å². The van der Waals surface area contributed by atoms with Crippen molar-refractivity contribution >= 4 is 17.5 Å². The highest BCUT2D eigenvalue weighted by Crippen LogP contribution is 2.21. The van der Waals surface area contributed by atoms with Gasteiger partial charge < -0.3 is 0 Å². The average Bonchev–Trinajstić information content (AvgIpc) is 2.49. The Morgan fingerprint density at radius 2 is 1.36 bits per heavy atom. The number of carbonyl (C=O) groups is 2. The van der Waals surface area contributed by atoms with Crippen LogP contribution in [0.4, 0.5) is 5.69 Å². The molecule has 1 aromatic carbocycles. The number of rotatable bonds is 1. The lowest BCUT2D eigenvalue weighted by Crippen LogP contribution is -2.29. The molecule has 1 aliphatic rings. The Hall–Kier alpha value is -2.10. The molecule has 0 atom stereocenters. The monoisotopic (exact) mass is 188 g/mol. The minimum absolute atomic E-state index is 0.152. The van der Waals surface area contributed by atoms with Gasteiger partial charge in [0.05, 0.1) is 5.69 Å². The number of benzene rings is 1. The predicted molar refractivity (Wildman–Crippen MR) is 48.2 cm³/mol. The Morgan fingerprint density at radius 3 is 1.86 bits per heavy atom. The van der Waals surface area contributed by atoms with Gasteiger partial charge in [0.1, 0.15) is 0 Å². The van der Waals surface area contributed by atoms with Gasteiger partial charge in [0, 0.05) is 12.2 Å². The lowest BCUT2D eigenvalue weighted by molar-refractivity contribution is -0.119. The van der Waals surface area contributed by atoms with Crippen molar-refractivity contribution in [3.63, 3.8) is 0 Å². The zero-order chi connectivity index (χ0) is 10.1. The maximum atomic E-state index is 11.2. The fourth-order valence-electron chi connectivity index (χ4n) is 1.25. The van der Waals surface area contributed by atoms with Crippen LogP contribution in [0.1, 0.15) is 0 Å². The molecule has 1 aromatic rings. The first-order chi connectivity index (χ1) is 6.68. The highest BCUT2D eigenvalue weighted by Gasteiger charge is 2.24. The molecule has 0 bridgehead atoms. The second kappa shape index (κ2) is 2.99. The van der Waals surface area contributed by atoms with Crippen LogP contribution in [0.3, 0.4) is 0 Å². The van der Waals surface area contributed by atoms with Crippen LogP contribution in [-0.4, -0.2) is 11.8 Å². The highest BCUT2D eigenvalue weighted by atomic mass is 16.3. The van der Waals surface area contributed by atoms with Gasteiger partial charge in [-0.2, -0.15) is 0 Å². The number of anilines is 1. The molecule has 1 radical (unpaired) electrons.